The van der Waals surface area contributed by atoms with Crippen molar-refractivity contribution in [2.45, 2.75) is 24.3 Å². The number of nitrogens with zero attached hydrogens (tertiary/aromatic N) is 3. The molecule has 6 nitrogen and oxygen atoms in total. The third-order valence-electron chi connectivity index (χ3n) is 5.87. The number of benzene rings is 3. The van der Waals surface area contributed by atoms with Crippen molar-refractivity contribution in [2.75, 3.05) is 0 Å². The molecule has 2 aromatic heterocycles. The molecule has 0 spiro atoms. The van der Waals surface area contributed by atoms with Crippen LogP contribution < -0.4 is 10.9 Å². The second-order valence-electron chi connectivity index (χ2n) is 8.85. The number of hydrogen-bond acceptors (Lipinski definition) is 4. The molecular weight excluding hydrogens is 430 g/mol. The largest absolute Gasteiger partial charge is 0.322 e. The zero-order valence-electron chi connectivity index (χ0n) is 18.5. The molecular formula is C26H25N5OS. The van der Waals surface area contributed by atoms with Gasteiger partial charge in [0.1, 0.15) is 0 Å². The van der Waals surface area contributed by atoms with Gasteiger partial charge in [-0.2, -0.15) is 5.10 Å². The van der Waals surface area contributed by atoms with Gasteiger partial charge in [0, 0.05) is 29.1 Å². The fraction of sp³-hybridized carbons (Fsp3) is 0.115. The summed E-state index contributed by atoms with van der Waals surface area (Å²) in [6.45, 7) is 3.97. The SMILES string of the molecule is C=S(N)(=O)c1ccc(-c2cnn3cc(-c4ccc(C(C)(C)N)cc4)cnc23)c2ccccc12. The lowest BCUT2D eigenvalue weighted by molar-refractivity contribution is 0.554. The monoisotopic (exact) mass is 455 g/mol. The van der Waals surface area contributed by atoms with Crippen molar-refractivity contribution < 1.29 is 4.21 Å². The Hall–Kier alpha value is -3.52. The van der Waals surface area contributed by atoms with Gasteiger partial charge < -0.3 is 5.73 Å². The van der Waals surface area contributed by atoms with Crippen LogP contribution in [0.1, 0.15) is 19.4 Å². The Bertz CT molecular complexity index is 1610. The van der Waals surface area contributed by atoms with Crippen LogP contribution in [0, 0.1) is 0 Å². The van der Waals surface area contributed by atoms with Crippen LogP contribution in [0.25, 0.3) is 38.7 Å². The molecule has 3 aromatic carbocycles. The van der Waals surface area contributed by atoms with Gasteiger partial charge >= 0.3 is 0 Å². The molecule has 0 saturated heterocycles. The van der Waals surface area contributed by atoms with E-state index in [0.29, 0.717) is 4.90 Å². The molecule has 0 aliphatic carbocycles. The highest BCUT2D eigenvalue weighted by molar-refractivity contribution is 7.98. The summed E-state index contributed by atoms with van der Waals surface area (Å²) < 4.78 is 14.3. The van der Waals surface area contributed by atoms with E-state index in [0.717, 1.165) is 44.2 Å². The molecule has 1 unspecified atom stereocenters. The zero-order valence-corrected chi connectivity index (χ0v) is 19.3. The molecule has 7 heteroatoms. The van der Waals surface area contributed by atoms with Crippen LogP contribution in [0.4, 0.5) is 0 Å². The average molecular weight is 456 g/mol. The van der Waals surface area contributed by atoms with Gasteiger partial charge in [-0.25, -0.2) is 13.7 Å². The number of fused-ring (bicyclic) bond motifs is 2. The average Bonchev–Trinajstić information content (AvgIpc) is 3.20. The van der Waals surface area contributed by atoms with E-state index in [1.807, 2.05) is 80.8 Å². The van der Waals surface area contributed by atoms with Gasteiger partial charge in [0.05, 0.1) is 20.8 Å². The molecule has 166 valence electrons. The van der Waals surface area contributed by atoms with Crippen LogP contribution >= 0.6 is 0 Å². The molecule has 5 aromatic rings. The summed E-state index contributed by atoms with van der Waals surface area (Å²) in [4.78, 5) is 5.26. The quantitative estimate of drug-likeness (QED) is 0.393. The Balaban J connectivity index is 1.61. The van der Waals surface area contributed by atoms with Crippen LogP contribution in [0.15, 0.2) is 84.1 Å². The molecule has 33 heavy (non-hydrogen) atoms. The number of rotatable bonds is 4. The van der Waals surface area contributed by atoms with Gasteiger partial charge in [-0.1, -0.05) is 54.6 Å². The van der Waals surface area contributed by atoms with Crippen molar-refractivity contribution in [3.8, 4) is 22.3 Å². The van der Waals surface area contributed by atoms with Gasteiger partial charge in [-0.05, 0) is 53.2 Å². The predicted octanol–water partition coefficient (Wildman–Crippen LogP) is 4.36. The normalized spacial score (nSPS) is 13.9. The lowest BCUT2D eigenvalue weighted by atomic mass is 9.94. The van der Waals surface area contributed by atoms with Crippen molar-refractivity contribution >= 4 is 32.0 Å². The van der Waals surface area contributed by atoms with Gasteiger partial charge in [-0.3, -0.25) is 5.14 Å². The zero-order chi connectivity index (χ0) is 23.4. The number of aromatic nitrogens is 3. The van der Waals surface area contributed by atoms with Crippen molar-refractivity contribution in [1.82, 2.24) is 14.6 Å². The van der Waals surface area contributed by atoms with Gasteiger partial charge in [0.2, 0.25) is 0 Å². The first kappa shape index (κ1) is 21.3. The number of nitrogens with two attached hydrogens (primary N) is 2. The highest BCUT2D eigenvalue weighted by Crippen LogP contribution is 2.34. The first-order valence-electron chi connectivity index (χ1n) is 10.5. The Morgan fingerprint density at radius 1 is 0.909 bits per heavy atom. The molecule has 0 saturated carbocycles. The molecule has 0 fully saturated rings. The lowest BCUT2D eigenvalue weighted by Gasteiger charge is -2.19. The topological polar surface area (TPSA) is 99.3 Å². The first-order valence-corrected chi connectivity index (χ1v) is 12.3. The van der Waals surface area contributed by atoms with Crippen molar-refractivity contribution in [3.05, 3.63) is 84.8 Å². The maximum Gasteiger partial charge on any atom is 0.162 e. The van der Waals surface area contributed by atoms with E-state index in [9.17, 15) is 4.21 Å². The van der Waals surface area contributed by atoms with Gasteiger partial charge in [0.15, 0.2) is 5.65 Å². The van der Waals surface area contributed by atoms with E-state index in [1.165, 1.54) is 0 Å². The minimum atomic E-state index is -2.85. The molecule has 0 radical (unpaired) electrons. The lowest BCUT2D eigenvalue weighted by Crippen LogP contribution is -2.28. The third kappa shape index (κ3) is 3.80. The molecule has 1 atom stereocenters. The van der Waals surface area contributed by atoms with Crippen LogP contribution in [-0.2, 0) is 15.2 Å². The number of hydrogen-bond donors (Lipinski definition) is 2. The predicted molar refractivity (Wildman–Crippen MR) is 136 cm³/mol. The minimum absolute atomic E-state index is 0.388. The Morgan fingerprint density at radius 3 is 2.27 bits per heavy atom. The molecule has 4 N–H and O–H groups in total. The van der Waals surface area contributed by atoms with Crippen LogP contribution in [0.2, 0.25) is 0 Å². The summed E-state index contributed by atoms with van der Waals surface area (Å²) in [6.07, 6.45) is 5.62. The second-order valence-corrected chi connectivity index (χ2v) is 10.7. The van der Waals surface area contributed by atoms with Crippen LogP contribution in [0.3, 0.4) is 0 Å². The summed E-state index contributed by atoms with van der Waals surface area (Å²) in [7, 11) is -2.85. The third-order valence-corrected chi connectivity index (χ3v) is 6.97. The van der Waals surface area contributed by atoms with Gasteiger partial charge in [0.25, 0.3) is 0 Å². The Morgan fingerprint density at radius 2 is 1.61 bits per heavy atom. The maximum absolute atomic E-state index is 12.5. The van der Waals surface area contributed by atoms with Crippen LogP contribution in [0.5, 0.6) is 0 Å². The fourth-order valence-electron chi connectivity index (χ4n) is 4.11. The van der Waals surface area contributed by atoms with E-state index < -0.39 is 9.71 Å². The van der Waals surface area contributed by atoms with E-state index in [-0.39, 0.29) is 5.54 Å². The Kier molecular flexibility index (Phi) is 4.86. The van der Waals surface area contributed by atoms with Crippen molar-refractivity contribution in [2.24, 2.45) is 10.9 Å². The highest BCUT2D eigenvalue weighted by atomic mass is 32.2. The minimum Gasteiger partial charge on any atom is -0.322 e. The maximum atomic E-state index is 12.5. The first-order chi connectivity index (χ1) is 15.6. The summed E-state index contributed by atoms with van der Waals surface area (Å²) >= 11 is 0. The Labute approximate surface area is 193 Å². The highest BCUT2D eigenvalue weighted by Gasteiger charge is 2.16. The fourth-order valence-corrected chi connectivity index (χ4v) is 4.96. The van der Waals surface area contributed by atoms with E-state index >= 15 is 0 Å². The molecule has 5 rings (SSSR count). The van der Waals surface area contributed by atoms with E-state index in [2.05, 4.69) is 11.0 Å². The summed E-state index contributed by atoms with van der Waals surface area (Å²) in [5.74, 6) is 3.66. The van der Waals surface area contributed by atoms with Gasteiger partial charge in [-0.15, -0.1) is 0 Å². The summed E-state index contributed by atoms with van der Waals surface area (Å²) in [5, 5.41) is 12.2. The molecule has 0 aliphatic heterocycles. The smallest absolute Gasteiger partial charge is 0.162 e. The van der Waals surface area contributed by atoms with Crippen molar-refractivity contribution in [3.63, 3.8) is 0 Å². The summed E-state index contributed by atoms with van der Waals surface area (Å²) in [6, 6.07) is 19.6. The standard InChI is InChI=1S/C26H25N5OS/c1-26(2,27)19-10-8-17(9-11-19)18-14-29-25-23(15-30-31(25)16-18)21-12-13-24(33(3,28)32)22-7-5-4-6-20(21)22/h4-16H,3,27H2,1-2H3,(H2,28,32). The van der Waals surface area contributed by atoms with E-state index in [1.54, 1.807) is 16.8 Å². The van der Waals surface area contributed by atoms with Crippen LogP contribution in [-0.4, -0.2) is 24.7 Å². The molecule has 0 aliphatic rings. The molecule has 0 amide bonds. The second kappa shape index (κ2) is 7.52. The molecule has 0 bridgehead atoms. The molecule has 2 heterocycles. The van der Waals surface area contributed by atoms with E-state index in [4.69, 9.17) is 15.9 Å². The summed E-state index contributed by atoms with van der Waals surface area (Å²) in [5.41, 5.74) is 11.4. The van der Waals surface area contributed by atoms with Crippen molar-refractivity contribution in [1.29, 1.82) is 0 Å².